The summed E-state index contributed by atoms with van der Waals surface area (Å²) in [5, 5.41) is 3.77. The first-order valence-electron chi connectivity index (χ1n) is 5.86. The summed E-state index contributed by atoms with van der Waals surface area (Å²) >= 11 is 4.90. The van der Waals surface area contributed by atoms with E-state index in [2.05, 4.69) is 26.2 Å². The monoisotopic (exact) mass is 354 g/mol. The predicted molar refractivity (Wildman–Crippen MR) is 81.0 cm³/mol. The van der Waals surface area contributed by atoms with Gasteiger partial charge in [-0.3, -0.25) is 0 Å². The quantitative estimate of drug-likeness (QED) is 0.719. The van der Waals surface area contributed by atoms with Crippen molar-refractivity contribution in [1.29, 1.82) is 0 Å². The molecular weight excluding hydrogens is 346 g/mol. The van der Waals surface area contributed by atoms with E-state index in [1.807, 2.05) is 18.2 Å². The van der Waals surface area contributed by atoms with Crippen LogP contribution in [-0.2, 0) is 6.54 Å². The highest BCUT2D eigenvalue weighted by Gasteiger charge is 2.07. The standard InChI is InChI=1S/C14H9BrF2N2S/c15-9-2-4-12-13(5-9)20-14(19-12)18-7-8-1-3-10(16)6-11(8)17/h1-6H,7H2,(H,18,19). The van der Waals surface area contributed by atoms with Crippen LogP contribution in [0.1, 0.15) is 5.56 Å². The third kappa shape index (κ3) is 2.81. The van der Waals surface area contributed by atoms with E-state index in [9.17, 15) is 8.78 Å². The van der Waals surface area contributed by atoms with Crippen molar-refractivity contribution in [3.8, 4) is 0 Å². The highest BCUT2D eigenvalue weighted by Crippen LogP contribution is 2.28. The van der Waals surface area contributed by atoms with E-state index in [0.717, 1.165) is 20.8 Å². The first-order valence-corrected chi connectivity index (χ1v) is 7.47. The molecule has 1 heterocycles. The van der Waals surface area contributed by atoms with E-state index < -0.39 is 11.6 Å². The van der Waals surface area contributed by atoms with Crippen molar-refractivity contribution in [2.24, 2.45) is 0 Å². The van der Waals surface area contributed by atoms with Crippen LogP contribution in [0.15, 0.2) is 40.9 Å². The Morgan fingerprint density at radius 3 is 2.80 bits per heavy atom. The van der Waals surface area contributed by atoms with Crippen molar-refractivity contribution in [2.75, 3.05) is 5.32 Å². The van der Waals surface area contributed by atoms with Gasteiger partial charge in [0.15, 0.2) is 5.13 Å². The maximum Gasteiger partial charge on any atom is 0.184 e. The number of nitrogens with one attached hydrogen (secondary N) is 1. The minimum absolute atomic E-state index is 0.271. The topological polar surface area (TPSA) is 24.9 Å². The Morgan fingerprint density at radius 2 is 2.00 bits per heavy atom. The third-order valence-corrected chi connectivity index (χ3v) is 4.26. The van der Waals surface area contributed by atoms with E-state index in [0.29, 0.717) is 10.7 Å². The maximum atomic E-state index is 13.5. The molecule has 0 unspecified atom stereocenters. The van der Waals surface area contributed by atoms with Gasteiger partial charge in [-0.2, -0.15) is 0 Å². The minimum atomic E-state index is -0.573. The predicted octanol–water partition coefficient (Wildman–Crippen LogP) is 4.95. The fourth-order valence-electron chi connectivity index (χ4n) is 1.81. The van der Waals surface area contributed by atoms with E-state index in [1.54, 1.807) is 0 Å². The molecule has 0 saturated heterocycles. The third-order valence-electron chi connectivity index (χ3n) is 2.80. The molecule has 0 aliphatic carbocycles. The van der Waals surface area contributed by atoms with Gasteiger partial charge in [-0.05, 0) is 24.3 Å². The average Bonchev–Trinajstić information content (AvgIpc) is 2.79. The van der Waals surface area contributed by atoms with E-state index >= 15 is 0 Å². The summed E-state index contributed by atoms with van der Waals surface area (Å²) < 4.78 is 28.4. The molecule has 0 spiro atoms. The van der Waals surface area contributed by atoms with Crippen molar-refractivity contribution in [3.05, 3.63) is 58.1 Å². The number of hydrogen-bond acceptors (Lipinski definition) is 3. The van der Waals surface area contributed by atoms with Crippen LogP contribution >= 0.6 is 27.3 Å². The van der Waals surface area contributed by atoms with Crippen molar-refractivity contribution < 1.29 is 8.78 Å². The summed E-state index contributed by atoms with van der Waals surface area (Å²) in [5.74, 6) is -1.13. The van der Waals surface area contributed by atoms with Crippen LogP contribution < -0.4 is 5.32 Å². The summed E-state index contributed by atoms with van der Waals surface area (Å²) in [6.45, 7) is 0.271. The lowest BCUT2D eigenvalue weighted by Gasteiger charge is -2.04. The minimum Gasteiger partial charge on any atom is -0.357 e. The van der Waals surface area contributed by atoms with Gasteiger partial charge >= 0.3 is 0 Å². The van der Waals surface area contributed by atoms with Crippen LogP contribution in [0, 0.1) is 11.6 Å². The number of benzene rings is 2. The highest BCUT2D eigenvalue weighted by molar-refractivity contribution is 9.10. The van der Waals surface area contributed by atoms with Crippen molar-refractivity contribution in [2.45, 2.75) is 6.54 Å². The molecule has 102 valence electrons. The Labute approximate surface area is 126 Å². The van der Waals surface area contributed by atoms with Crippen molar-refractivity contribution in [1.82, 2.24) is 4.98 Å². The Bertz CT molecular complexity index is 773. The van der Waals surface area contributed by atoms with Gasteiger partial charge in [0.25, 0.3) is 0 Å². The van der Waals surface area contributed by atoms with Crippen molar-refractivity contribution >= 4 is 42.6 Å². The van der Waals surface area contributed by atoms with Crippen LogP contribution in [-0.4, -0.2) is 4.98 Å². The summed E-state index contributed by atoms with van der Waals surface area (Å²) in [4.78, 5) is 4.41. The number of rotatable bonds is 3. The number of aromatic nitrogens is 1. The van der Waals surface area contributed by atoms with Gasteiger partial charge in [0, 0.05) is 22.6 Å². The largest absolute Gasteiger partial charge is 0.357 e. The highest BCUT2D eigenvalue weighted by atomic mass is 79.9. The molecule has 1 aromatic heterocycles. The van der Waals surface area contributed by atoms with Crippen LogP contribution in [0.4, 0.5) is 13.9 Å². The van der Waals surface area contributed by atoms with Gasteiger partial charge in [-0.1, -0.05) is 33.3 Å². The molecule has 0 aliphatic heterocycles. The molecule has 1 N–H and O–H groups in total. The SMILES string of the molecule is Fc1ccc(CNc2nc3ccc(Br)cc3s2)c(F)c1. The molecular formula is C14H9BrF2N2S. The number of thiazole rings is 1. The average molecular weight is 355 g/mol. The number of nitrogens with zero attached hydrogens (tertiary/aromatic N) is 1. The van der Waals surface area contributed by atoms with Gasteiger partial charge in [0.2, 0.25) is 0 Å². The summed E-state index contributed by atoms with van der Waals surface area (Å²) in [7, 11) is 0. The zero-order chi connectivity index (χ0) is 14.1. The zero-order valence-electron chi connectivity index (χ0n) is 10.2. The molecule has 0 aliphatic rings. The molecule has 2 aromatic carbocycles. The lowest BCUT2D eigenvalue weighted by Crippen LogP contribution is -2.01. The molecule has 3 aromatic rings. The first-order chi connectivity index (χ1) is 9.61. The molecule has 6 heteroatoms. The molecule has 20 heavy (non-hydrogen) atoms. The fourth-order valence-corrected chi connectivity index (χ4v) is 3.22. The van der Waals surface area contributed by atoms with Crippen molar-refractivity contribution in [3.63, 3.8) is 0 Å². The maximum absolute atomic E-state index is 13.5. The van der Waals surface area contributed by atoms with Gasteiger partial charge in [-0.25, -0.2) is 13.8 Å². The van der Waals surface area contributed by atoms with Crippen LogP contribution in [0.5, 0.6) is 0 Å². The van der Waals surface area contributed by atoms with Crippen LogP contribution in [0.25, 0.3) is 10.2 Å². The van der Waals surface area contributed by atoms with Gasteiger partial charge in [0.1, 0.15) is 11.6 Å². The lowest BCUT2D eigenvalue weighted by molar-refractivity contribution is 0.574. The molecule has 0 atom stereocenters. The fraction of sp³-hybridized carbons (Fsp3) is 0.0714. The lowest BCUT2D eigenvalue weighted by atomic mass is 10.2. The molecule has 2 nitrogen and oxygen atoms in total. The molecule has 0 radical (unpaired) electrons. The second kappa shape index (κ2) is 5.46. The Kier molecular flexibility index (Phi) is 3.67. The Hall–Kier alpha value is -1.53. The number of halogens is 3. The van der Waals surface area contributed by atoms with E-state index in [-0.39, 0.29) is 6.54 Å². The van der Waals surface area contributed by atoms with Gasteiger partial charge in [0.05, 0.1) is 10.2 Å². The molecule has 0 bridgehead atoms. The van der Waals surface area contributed by atoms with E-state index in [4.69, 9.17) is 0 Å². The summed E-state index contributed by atoms with van der Waals surface area (Å²) in [6.07, 6.45) is 0. The number of fused-ring (bicyclic) bond motifs is 1. The summed E-state index contributed by atoms with van der Waals surface area (Å²) in [6, 6.07) is 9.38. The summed E-state index contributed by atoms with van der Waals surface area (Å²) in [5.41, 5.74) is 1.30. The Morgan fingerprint density at radius 1 is 1.15 bits per heavy atom. The second-order valence-electron chi connectivity index (χ2n) is 4.22. The van der Waals surface area contributed by atoms with Gasteiger partial charge < -0.3 is 5.32 Å². The smallest absolute Gasteiger partial charge is 0.184 e. The molecule has 0 fully saturated rings. The van der Waals surface area contributed by atoms with Crippen LogP contribution in [0.3, 0.4) is 0 Å². The molecule has 0 amide bonds. The van der Waals surface area contributed by atoms with E-state index in [1.165, 1.54) is 23.5 Å². The van der Waals surface area contributed by atoms with Gasteiger partial charge in [-0.15, -0.1) is 0 Å². The first kappa shape index (κ1) is 13.5. The number of hydrogen-bond donors (Lipinski definition) is 1. The Balaban J connectivity index is 1.79. The normalized spacial score (nSPS) is 10.9. The number of anilines is 1. The zero-order valence-corrected chi connectivity index (χ0v) is 12.6. The molecule has 0 saturated carbocycles. The second-order valence-corrected chi connectivity index (χ2v) is 6.17. The molecule has 3 rings (SSSR count). The van der Waals surface area contributed by atoms with Crippen LogP contribution in [0.2, 0.25) is 0 Å².